The predicted octanol–water partition coefficient (Wildman–Crippen LogP) is 2.46. The van der Waals surface area contributed by atoms with Gasteiger partial charge >= 0.3 is 5.97 Å². The fraction of sp³-hybridized carbons (Fsp3) is 0.417. The van der Waals surface area contributed by atoms with E-state index in [-0.39, 0.29) is 12.0 Å². The van der Waals surface area contributed by atoms with Crippen LogP contribution in [0.2, 0.25) is 5.02 Å². The molecule has 0 aliphatic heterocycles. The third kappa shape index (κ3) is 1.93. The number of fused-ring (bicyclic) bond motifs is 1. The molecule has 0 bridgehead atoms. The molecule has 4 heteroatoms. The molecular weight excluding hydrogens is 226 g/mol. The largest absolute Gasteiger partial charge is 0.465 e. The SMILES string of the molecule is COC(=O)c1cc(Cl)cc2c1CCC[C@H]2N. The number of carbonyl (C=O) groups is 1. The lowest BCUT2D eigenvalue weighted by atomic mass is 9.85. The number of methoxy groups -OCH3 is 1. The van der Waals surface area contributed by atoms with Gasteiger partial charge in [-0.2, -0.15) is 0 Å². The number of hydrogen-bond acceptors (Lipinski definition) is 3. The van der Waals surface area contributed by atoms with E-state index in [9.17, 15) is 4.79 Å². The van der Waals surface area contributed by atoms with Crippen LogP contribution in [0, 0.1) is 0 Å². The van der Waals surface area contributed by atoms with Crippen LogP contribution in [0.3, 0.4) is 0 Å². The van der Waals surface area contributed by atoms with Gasteiger partial charge in [-0.05, 0) is 42.5 Å². The number of ether oxygens (including phenoxy) is 1. The van der Waals surface area contributed by atoms with Crippen molar-refractivity contribution < 1.29 is 9.53 Å². The van der Waals surface area contributed by atoms with Gasteiger partial charge in [0.2, 0.25) is 0 Å². The Morgan fingerprint density at radius 2 is 2.31 bits per heavy atom. The van der Waals surface area contributed by atoms with E-state index >= 15 is 0 Å². The second kappa shape index (κ2) is 4.44. The van der Waals surface area contributed by atoms with Crippen LogP contribution in [0.15, 0.2) is 12.1 Å². The van der Waals surface area contributed by atoms with E-state index < -0.39 is 0 Å². The number of rotatable bonds is 1. The van der Waals surface area contributed by atoms with Crippen molar-refractivity contribution in [3.63, 3.8) is 0 Å². The molecule has 0 radical (unpaired) electrons. The Labute approximate surface area is 99.5 Å². The summed E-state index contributed by atoms with van der Waals surface area (Å²) in [6, 6.07) is 3.49. The molecule has 1 aromatic rings. The topological polar surface area (TPSA) is 52.3 Å². The van der Waals surface area contributed by atoms with Crippen molar-refractivity contribution in [2.75, 3.05) is 7.11 Å². The quantitative estimate of drug-likeness (QED) is 0.766. The Bertz CT molecular complexity index is 431. The zero-order chi connectivity index (χ0) is 11.7. The van der Waals surface area contributed by atoms with Gasteiger partial charge in [0.25, 0.3) is 0 Å². The third-order valence-corrected chi connectivity index (χ3v) is 3.21. The molecule has 86 valence electrons. The summed E-state index contributed by atoms with van der Waals surface area (Å²) < 4.78 is 4.75. The van der Waals surface area contributed by atoms with Gasteiger partial charge in [0.1, 0.15) is 0 Å². The van der Waals surface area contributed by atoms with E-state index in [0.717, 1.165) is 30.4 Å². The van der Waals surface area contributed by atoms with Crippen LogP contribution < -0.4 is 5.73 Å². The molecular formula is C12H14ClNO2. The van der Waals surface area contributed by atoms with E-state index in [1.165, 1.54) is 7.11 Å². The predicted molar refractivity (Wildman–Crippen MR) is 62.7 cm³/mol. The highest BCUT2D eigenvalue weighted by Gasteiger charge is 2.23. The highest BCUT2D eigenvalue weighted by molar-refractivity contribution is 6.31. The molecule has 0 saturated carbocycles. The average Bonchev–Trinajstić information content (AvgIpc) is 2.28. The molecule has 0 unspecified atom stereocenters. The smallest absolute Gasteiger partial charge is 0.338 e. The van der Waals surface area contributed by atoms with Crippen molar-refractivity contribution >= 4 is 17.6 Å². The Morgan fingerprint density at radius 3 is 3.00 bits per heavy atom. The van der Waals surface area contributed by atoms with Crippen molar-refractivity contribution in [1.29, 1.82) is 0 Å². The molecule has 0 saturated heterocycles. The maximum Gasteiger partial charge on any atom is 0.338 e. The van der Waals surface area contributed by atoms with Gasteiger partial charge in [0, 0.05) is 11.1 Å². The Hall–Kier alpha value is -1.06. The molecule has 0 amide bonds. The van der Waals surface area contributed by atoms with Crippen LogP contribution in [0.5, 0.6) is 0 Å². The molecule has 1 aromatic carbocycles. The standard InChI is InChI=1S/C12H14ClNO2/c1-16-12(15)10-6-7(13)5-9-8(10)3-2-4-11(9)14/h5-6,11H,2-4,14H2,1H3/t11-/m1/s1. The first-order chi connectivity index (χ1) is 7.63. The zero-order valence-electron chi connectivity index (χ0n) is 9.13. The summed E-state index contributed by atoms with van der Waals surface area (Å²) >= 11 is 5.98. The van der Waals surface area contributed by atoms with Gasteiger partial charge in [-0.15, -0.1) is 0 Å². The fourth-order valence-corrected chi connectivity index (χ4v) is 2.44. The molecule has 1 aliphatic carbocycles. The van der Waals surface area contributed by atoms with E-state index in [1.54, 1.807) is 6.07 Å². The van der Waals surface area contributed by atoms with E-state index in [4.69, 9.17) is 22.1 Å². The number of halogens is 1. The molecule has 0 aromatic heterocycles. The molecule has 1 aliphatic rings. The van der Waals surface area contributed by atoms with Crippen molar-refractivity contribution in [1.82, 2.24) is 0 Å². The highest BCUT2D eigenvalue weighted by atomic mass is 35.5. The number of benzene rings is 1. The minimum Gasteiger partial charge on any atom is -0.465 e. The van der Waals surface area contributed by atoms with E-state index in [0.29, 0.717) is 10.6 Å². The summed E-state index contributed by atoms with van der Waals surface area (Å²) in [5.41, 5.74) is 8.55. The molecule has 2 rings (SSSR count). The van der Waals surface area contributed by atoms with Gasteiger partial charge in [-0.25, -0.2) is 4.79 Å². The summed E-state index contributed by atoms with van der Waals surface area (Å²) in [5, 5.41) is 0.538. The summed E-state index contributed by atoms with van der Waals surface area (Å²) in [4.78, 5) is 11.6. The van der Waals surface area contributed by atoms with Crippen LogP contribution in [-0.4, -0.2) is 13.1 Å². The van der Waals surface area contributed by atoms with Crippen LogP contribution in [0.1, 0.15) is 40.4 Å². The zero-order valence-corrected chi connectivity index (χ0v) is 9.88. The van der Waals surface area contributed by atoms with Crippen molar-refractivity contribution in [3.8, 4) is 0 Å². The second-order valence-corrected chi connectivity index (χ2v) is 4.45. The summed E-state index contributed by atoms with van der Waals surface area (Å²) in [7, 11) is 1.37. The Morgan fingerprint density at radius 1 is 1.56 bits per heavy atom. The van der Waals surface area contributed by atoms with Gasteiger partial charge in [0.15, 0.2) is 0 Å². The van der Waals surface area contributed by atoms with Gasteiger partial charge in [0.05, 0.1) is 12.7 Å². The molecule has 1 atom stereocenters. The van der Waals surface area contributed by atoms with Crippen LogP contribution >= 0.6 is 11.6 Å². The lowest BCUT2D eigenvalue weighted by Gasteiger charge is -2.24. The van der Waals surface area contributed by atoms with Gasteiger partial charge < -0.3 is 10.5 Å². The van der Waals surface area contributed by atoms with Crippen molar-refractivity contribution in [3.05, 3.63) is 33.8 Å². The first kappa shape index (κ1) is 11.4. The van der Waals surface area contributed by atoms with Crippen LogP contribution in [-0.2, 0) is 11.2 Å². The van der Waals surface area contributed by atoms with E-state index in [1.807, 2.05) is 6.07 Å². The lowest BCUT2D eigenvalue weighted by molar-refractivity contribution is 0.0599. The average molecular weight is 240 g/mol. The number of hydrogen-bond donors (Lipinski definition) is 1. The molecule has 2 N–H and O–H groups in total. The fourth-order valence-electron chi connectivity index (χ4n) is 2.21. The summed E-state index contributed by atoms with van der Waals surface area (Å²) in [5.74, 6) is -0.340. The Kier molecular flexibility index (Phi) is 3.17. The lowest BCUT2D eigenvalue weighted by Crippen LogP contribution is -2.20. The van der Waals surface area contributed by atoms with Crippen molar-refractivity contribution in [2.24, 2.45) is 5.73 Å². The summed E-state index contributed by atoms with van der Waals surface area (Å²) in [6.07, 6.45) is 2.80. The number of nitrogens with two attached hydrogens (primary N) is 1. The normalized spacial score (nSPS) is 19.1. The number of esters is 1. The van der Waals surface area contributed by atoms with Gasteiger partial charge in [-0.3, -0.25) is 0 Å². The second-order valence-electron chi connectivity index (χ2n) is 4.01. The molecule has 16 heavy (non-hydrogen) atoms. The third-order valence-electron chi connectivity index (χ3n) is 3.00. The van der Waals surface area contributed by atoms with E-state index in [2.05, 4.69) is 0 Å². The molecule has 0 heterocycles. The monoisotopic (exact) mass is 239 g/mol. The maximum atomic E-state index is 11.6. The summed E-state index contributed by atoms with van der Waals surface area (Å²) in [6.45, 7) is 0. The number of carbonyl (C=O) groups excluding carboxylic acids is 1. The van der Waals surface area contributed by atoms with Crippen LogP contribution in [0.25, 0.3) is 0 Å². The molecule has 0 spiro atoms. The minimum absolute atomic E-state index is 0.0224. The van der Waals surface area contributed by atoms with Gasteiger partial charge in [-0.1, -0.05) is 11.6 Å². The minimum atomic E-state index is -0.340. The molecule has 3 nitrogen and oxygen atoms in total. The Balaban J connectivity index is 2.57. The maximum absolute atomic E-state index is 11.6. The molecule has 0 fully saturated rings. The first-order valence-corrected chi connectivity index (χ1v) is 5.67. The van der Waals surface area contributed by atoms with Crippen LogP contribution in [0.4, 0.5) is 0 Å². The first-order valence-electron chi connectivity index (χ1n) is 5.29. The highest BCUT2D eigenvalue weighted by Crippen LogP contribution is 2.33. The van der Waals surface area contributed by atoms with Crippen molar-refractivity contribution in [2.45, 2.75) is 25.3 Å².